The van der Waals surface area contributed by atoms with Gasteiger partial charge in [-0.3, -0.25) is 10.2 Å². The Balaban J connectivity index is 3.43. The van der Waals surface area contributed by atoms with Crippen molar-refractivity contribution in [3.8, 4) is 0 Å². The molecule has 1 amide bonds. The predicted octanol–water partition coefficient (Wildman–Crippen LogP) is -0.754. The average Bonchev–Trinajstić information content (AvgIpc) is 2.15. The standard InChI is InChI=1S/C8H11N3O3S/c1-5-6(8(12)11-9)3-2-4-7(5)15(10,13)14/h2-4H,9H2,1H3,(H,11,12)(H2,10,13,14). The van der Waals surface area contributed by atoms with Gasteiger partial charge in [0.25, 0.3) is 5.91 Å². The van der Waals surface area contributed by atoms with Crippen molar-refractivity contribution in [2.75, 3.05) is 0 Å². The molecule has 0 fully saturated rings. The number of sulfonamides is 1. The highest BCUT2D eigenvalue weighted by Crippen LogP contribution is 2.17. The molecule has 1 rings (SSSR count). The van der Waals surface area contributed by atoms with Crippen molar-refractivity contribution < 1.29 is 13.2 Å². The highest BCUT2D eigenvalue weighted by molar-refractivity contribution is 7.89. The quantitative estimate of drug-likeness (QED) is 0.351. The van der Waals surface area contributed by atoms with Crippen molar-refractivity contribution >= 4 is 15.9 Å². The first kappa shape index (κ1) is 11.6. The molecule has 15 heavy (non-hydrogen) atoms. The van der Waals surface area contributed by atoms with Gasteiger partial charge in [-0.05, 0) is 24.6 Å². The van der Waals surface area contributed by atoms with E-state index in [1.807, 2.05) is 5.43 Å². The number of benzene rings is 1. The molecule has 0 unspecified atom stereocenters. The Kier molecular flexibility index (Phi) is 3.08. The number of amides is 1. The number of rotatable bonds is 2. The summed E-state index contributed by atoms with van der Waals surface area (Å²) in [6.07, 6.45) is 0. The molecule has 82 valence electrons. The molecule has 7 heteroatoms. The Hall–Kier alpha value is -1.44. The molecule has 0 atom stereocenters. The van der Waals surface area contributed by atoms with Crippen molar-refractivity contribution in [2.24, 2.45) is 11.0 Å². The number of hydrazine groups is 1. The lowest BCUT2D eigenvalue weighted by Crippen LogP contribution is -2.31. The van der Waals surface area contributed by atoms with Crippen molar-refractivity contribution in [3.63, 3.8) is 0 Å². The number of nitrogens with one attached hydrogen (secondary N) is 1. The first-order chi connectivity index (χ1) is 6.88. The minimum atomic E-state index is -3.82. The summed E-state index contributed by atoms with van der Waals surface area (Å²) in [7, 11) is -3.82. The van der Waals surface area contributed by atoms with Crippen LogP contribution in [-0.2, 0) is 10.0 Å². The second-order valence-corrected chi connectivity index (χ2v) is 4.48. The third-order valence-corrected chi connectivity index (χ3v) is 3.02. The number of primary sulfonamides is 1. The Labute approximate surface area is 87.3 Å². The van der Waals surface area contributed by atoms with E-state index in [-0.39, 0.29) is 16.0 Å². The average molecular weight is 229 g/mol. The molecule has 0 aliphatic rings. The van der Waals surface area contributed by atoms with Gasteiger partial charge >= 0.3 is 0 Å². The molecule has 0 aliphatic carbocycles. The van der Waals surface area contributed by atoms with Crippen LogP contribution in [0.25, 0.3) is 0 Å². The summed E-state index contributed by atoms with van der Waals surface area (Å²) in [5.41, 5.74) is 2.39. The molecule has 5 N–H and O–H groups in total. The van der Waals surface area contributed by atoms with E-state index in [1.54, 1.807) is 0 Å². The highest BCUT2D eigenvalue weighted by atomic mass is 32.2. The maximum atomic E-state index is 11.2. The first-order valence-corrected chi connectivity index (χ1v) is 5.56. The second kappa shape index (κ2) is 3.97. The fraction of sp³-hybridized carbons (Fsp3) is 0.125. The monoisotopic (exact) mass is 229 g/mol. The van der Waals surface area contributed by atoms with Crippen LogP contribution >= 0.6 is 0 Å². The molecule has 0 spiro atoms. The lowest BCUT2D eigenvalue weighted by atomic mass is 10.1. The van der Waals surface area contributed by atoms with E-state index in [1.165, 1.54) is 25.1 Å². The summed E-state index contributed by atoms with van der Waals surface area (Å²) in [6.45, 7) is 1.49. The molecule has 0 aliphatic heterocycles. The number of hydrogen-bond acceptors (Lipinski definition) is 4. The maximum Gasteiger partial charge on any atom is 0.265 e. The summed E-state index contributed by atoms with van der Waals surface area (Å²) in [6, 6.07) is 4.22. The van der Waals surface area contributed by atoms with Crippen molar-refractivity contribution in [1.82, 2.24) is 5.43 Å². The van der Waals surface area contributed by atoms with Gasteiger partial charge in [-0.1, -0.05) is 6.07 Å². The van der Waals surface area contributed by atoms with E-state index in [9.17, 15) is 13.2 Å². The van der Waals surface area contributed by atoms with Gasteiger partial charge in [-0.25, -0.2) is 19.4 Å². The molecule has 1 aromatic carbocycles. The van der Waals surface area contributed by atoms with Crippen LogP contribution in [0.4, 0.5) is 0 Å². The molecule has 0 heterocycles. The Morgan fingerprint density at radius 1 is 1.40 bits per heavy atom. The predicted molar refractivity (Wildman–Crippen MR) is 54.2 cm³/mol. The zero-order valence-electron chi connectivity index (χ0n) is 8.02. The van der Waals surface area contributed by atoms with E-state index in [2.05, 4.69) is 0 Å². The van der Waals surface area contributed by atoms with Gasteiger partial charge in [0.15, 0.2) is 0 Å². The van der Waals surface area contributed by atoms with Gasteiger partial charge in [-0.15, -0.1) is 0 Å². The topological polar surface area (TPSA) is 115 Å². The lowest BCUT2D eigenvalue weighted by molar-refractivity contribution is 0.0953. The number of nitrogen functional groups attached to an aromatic ring is 1. The molecule has 1 aromatic rings. The van der Waals surface area contributed by atoms with Crippen LogP contribution < -0.4 is 16.4 Å². The minimum absolute atomic E-state index is 0.0800. The molecule has 0 saturated heterocycles. The highest BCUT2D eigenvalue weighted by Gasteiger charge is 2.16. The number of carbonyl (C=O) groups excluding carboxylic acids is 1. The van der Waals surface area contributed by atoms with Crippen molar-refractivity contribution in [2.45, 2.75) is 11.8 Å². The van der Waals surface area contributed by atoms with Crippen molar-refractivity contribution in [1.29, 1.82) is 0 Å². The zero-order chi connectivity index (χ0) is 11.6. The van der Waals surface area contributed by atoms with Gasteiger partial charge < -0.3 is 0 Å². The van der Waals surface area contributed by atoms with E-state index in [0.717, 1.165) is 0 Å². The number of nitrogens with two attached hydrogens (primary N) is 2. The van der Waals surface area contributed by atoms with Gasteiger partial charge in [0.1, 0.15) is 0 Å². The van der Waals surface area contributed by atoms with E-state index in [0.29, 0.717) is 0 Å². The zero-order valence-corrected chi connectivity index (χ0v) is 8.84. The molecule has 0 bridgehead atoms. The SMILES string of the molecule is Cc1c(C(=O)NN)cccc1S(N)(=O)=O. The fourth-order valence-electron chi connectivity index (χ4n) is 1.25. The summed E-state index contributed by atoms with van der Waals surface area (Å²) in [4.78, 5) is 11.2. The second-order valence-electron chi connectivity index (χ2n) is 2.95. The Bertz CT molecular complexity index is 496. The van der Waals surface area contributed by atoms with Crippen LogP contribution in [0.15, 0.2) is 23.1 Å². The lowest BCUT2D eigenvalue weighted by Gasteiger charge is -2.07. The summed E-state index contributed by atoms with van der Waals surface area (Å²) >= 11 is 0. The third-order valence-electron chi connectivity index (χ3n) is 1.97. The summed E-state index contributed by atoms with van der Waals surface area (Å²) < 4.78 is 22.3. The summed E-state index contributed by atoms with van der Waals surface area (Å²) in [5, 5.41) is 4.98. The molecule has 0 saturated carbocycles. The molecular weight excluding hydrogens is 218 g/mol. The van der Waals surface area contributed by atoms with Crippen LogP contribution in [-0.4, -0.2) is 14.3 Å². The maximum absolute atomic E-state index is 11.2. The Morgan fingerprint density at radius 3 is 2.47 bits per heavy atom. The largest absolute Gasteiger partial charge is 0.290 e. The van der Waals surface area contributed by atoms with Gasteiger partial charge in [0, 0.05) is 5.56 Å². The smallest absolute Gasteiger partial charge is 0.265 e. The van der Waals surface area contributed by atoms with Crippen LogP contribution in [0.2, 0.25) is 0 Å². The van der Waals surface area contributed by atoms with Crippen LogP contribution in [0, 0.1) is 6.92 Å². The van der Waals surface area contributed by atoms with Crippen molar-refractivity contribution in [3.05, 3.63) is 29.3 Å². The van der Waals surface area contributed by atoms with E-state index < -0.39 is 15.9 Å². The minimum Gasteiger partial charge on any atom is -0.290 e. The van der Waals surface area contributed by atoms with Crippen LogP contribution in [0.5, 0.6) is 0 Å². The first-order valence-electron chi connectivity index (χ1n) is 4.01. The normalized spacial score (nSPS) is 11.1. The van der Waals surface area contributed by atoms with E-state index in [4.69, 9.17) is 11.0 Å². The molecule has 0 radical (unpaired) electrons. The molecule has 0 aromatic heterocycles. The van der Waals surface area contributed by atoms with Gasteiger partial charge in [-0.2, -0.15) is 0 Å². The Morgan fingerprint density at radius 2 is 2.00 bits per heavy atom. The number of carbonyl (C=O) groups is 1. The van der Waals surface area contributed by atoms with E-state index >= 15 is 0 Å². The van der Waals surface area contributed by atoms with Crippen LogP contribution in [0.3, 0.4) is 0 Å². The number of hydrogen-bond donors (Lipinski definition) is 3. The molecule has 6 nitrogen and oxygen atoms in total. The van der Waals surface area contributed by atoms with Crippen LogP contribution in [0.1, 0.15) is 15.9 Å². The fourth-order valence-corrected chi connectivity index (χ4v) is 2.05. The third kappa shape index (κ3) is 2.32. The van der Waals surface area contributed by atoms with Gasteiger partial charge in [0.05, 0.1) is 4.90 Å². The summed E-state index contributed by atoms with van der Waals surface area (Å²) in [5.74, 6) is 4.39. The molecular formula is C8H11N3O3S. The van der Waals surface area contributed by atoms with Gasteiger partial charge in [0.2, 0.25) is 10.0 Å².